The molecule has 0 aromatic carbocycles. The smallest absolute Gasteiger partial charge is 0.0531 e. The molecule has 1 heterocycles. The van der Waals surface area contributed by atoms with Gasteiger partial charge in [-0.05, 0) is 23.2 Å². The number of rotatable bonds is 1. The van der Waals surface area contributed by atoms with Crippen LogP contribution in [-0.2, 0) is 4.74 Å². The van der Waals surface area contributed by atoms with Crippen LogP contribution in [0.25, 0.3) is 0 Å². The average Bonchev–Trinajstić information content (AvgIpc) is 2.48. The standard InChI is InChI=1S/C14H28O/c1-11(12(2,3)4)14(13(5,6)7)8-9-15-10-14/h11H,8-10H2,1-7H3. The first kappa shape index (κ1) is 13.0. The topological polar surface area (TPSA) is 9.23 Å². The van der Waals surface area contributed by atoms with Crippen LogP contribution in [0.15, 0.2) is 0 Å². The maximum Gasteiger partial charge on any atom is 0.0531 e. The first-order chi connectivity index (χ1) is 6.61. The quantitative estimate of drug-likeness (QED) is 0.635. The molecule has 15 heavy (non-hydrogen) atoms. The van der Waals surface area contributed by atoms with E-state index in [0.717, 1.165) is 13.2 Å². The summed E-state index contributed by atoms with van der Waals surface area (Å²) in [5.41, 5.74) is 1.04. The minimum atomic E-state index is 0.330. The molecule has 1 nitrogen and oxygen atoms in total. The molecule has 0 bridgehead atoms. The second-order valence-electron chi connectivity index (χ2n) is 7.30. The van der Waals surface area contributed by atoms with Crippen LogP contribution in [0.2, 0.25) is 0 Å². The predicted octanol–water partition coefficient (Wildman–Crippen LogP) is 4.12. The van der Waals surface area contributed by atoms with Crippen molar-refractivity contribution in [3.8, 4) is 0 Å². The summed E-state index contributed by atoms with van der Waals surface area (Å²) in [6, 6.07) is 0. The summed E-state index contributed by atoms with van der Waals surface area (Å²) in [5, 5.41) is 0. The zero-order valence-electron chi connectivity index (χ0n) is 11.6. The summed E-state index contributed by atoms with van der Waals surface area (Å²) in [6.45, 7) is 18.4. The van der Waals surface area contributed by atoms with Gasteiger partial charge in [0.05, 0.1) is 6.61 Å². The fraction of sp³-hybridized carbons (Fsp3) is 1.00. The van der Waals surface area contributed by atoms with Gasteiger partial charge >= 0.3 is 0 Å². The van der Waals surface area contributed by atoms with Gasteiger partial charge in [-0.3, -0.25) is 0 Å². The Morgan fingerprint density at radius 2 is 1.60 bits per heavy atom. The van der Waals surface area contributed by atoms with Crippen molar-refractivity contribution in [3.05, 3.63) is 0 Å². The van der Waals surface area contributed by atoms with Gasteiger partial charge in [-0.15, -0.1) is 0 Å². The third-order valence-corrected chi connectivity index (χ3v) is 4.67. The zero-order chi connectivity index (χ0) is 11.9. The van der Waals surface area contributed by atoms with Gasteiger partial charge in [0.15, 0.2) is 0 Å². The van der Waals surface area contributed by atoms with Crippen LogP contribution in [-0.4, -0.2) is 13.2 Å². The highest BCUT2D eigenvalue weighted by atomic mass is 16.5. The Labute approximate surface area is 95.6 Å². The lowest BCUT2D eigenvalue weighted by Crippen LogP contribution is -2.46. The molecular weight excluding hydrogens is 184 g/mol. The molecular formula is C14H28O. The lowest BCUT2D eigenvalue weighted by Gasteiger charge is -2.50. The van der Waals surface area contributed by atoms with E-state index in [0.29, 0.717) is 22.2 Å². The predicted molar refractivity (Wildman–Crippen MR) is 65.9 cm³/mol. The molecule has 1 rings (SSSR count). The van der Waals surface area contributed by atoms with Gasteiger partial charge in [0.1, 0.15) is 0 Å². The Morgan fingerprint density at radius 3 is 1.87 bits per heavy atom. The monoisotopic (exact) mass is 212 g/mol. The molecule has 0 spiro atoms. The van der Waals surface area contributed by atoms with Crippen molar-refractivity contribution in [1.29, 1.82) is 0 Å². The Hall–Kier alpha value is -0.0400. The fourth-order valence-corrected chi connectivity index (χ4v) is 2.99. The minimum Gasteiger partial charge on any atom is -0.381 e. The molecule has 2 atom stereocenters. The fourth-order valence-electron chi connectivity index (χ4n) is 2.99. The molecule has 1 fully saturated rings. The molecule has 0 amide bonds. The van der Waals surface area contributed by atoms with Crippen molar-refractivity contribution >= 4 is 0 Å². The Morgan fingerprint density at radius 1 is 1.07 bits per heavy atom. The molecule has 0 saturated carbocycles. The van der Waals surface area contributed by atoms with Gasteiger partial charge in [0.2, 0.25) is 0 Å². The molecule has 2 unspecified atom stereocenters. The van der Waals surface area contributed by atoms with Gasteiger partial charge in [0.25, 0.3) is 0 Å². The second kappa shape index (κ2) is 3.76. The second-order valence-corrected chi connectivity index (χ2v) is 7.30. The number of hydrogen-bond acceptors (Lipinski definition) is 1. The molecule has 0 aliphatic carbocycles. The molecule has 0 radical (unpaired) electrons. The SMILES string of the molecule is CC(C(C)(C)C)C1(C(C)(C)C)CCOC1. The summed E-state index contributed by atoms with van der Waals surface area (Å²) < 4.78 is 5.70. The van der Waals surface area contributed by atoms with Gasteiger partial charge in [-0.2, -0.15) is 0 Å². The van der Waals surface area contributed by atoms with Gasteiger partial charge in [0, 0.05) is 12.0 Å². The number of ether oxygens (including phenoxy) is 1. The van der Waals surface area contributed by atoms with Crippen molar-refractivity contribution < 1.29 is 4.74 Å². The molecule has 90 valence electrons. The van der Waals surface area contributed by atoms with E-state index in [-0.39, 0.29) is 0 Å². The highest BCUT2D eigenvalue weighted by Gasteiger charge is 2.51. The van der Waals surface area contributed by atoms with Crippen molar-refractivity contribution in [2.24, 2.45) is 22.2 Å². The summed E-state index contributed by atoms with van der Waals surface area (Å²) in [4.78, 5) is 0. The summed E-state index contributed by atoms with van der Waals surface area (Å²) >= 11 is 0. The lowest BCUT2D eigenvalue weighted by atomic mass is 9.54. The zero-order valence-corrected chi connectivity index (χ0v) is 11.6. The van der Waals surface area contributed by atoms with Crippen LogP contribution >= 0.6 is 0 Å². The highest BCUT2D eigenvalue weighted by molar-refractivity contribution is 4.99. The minimum absolute atomic E-state index is 0.330. The van der Waals surface area contributed by atoms with E-state index in [1.54, 1.807) is 0 Å². The van der Waals surface area contributed by atoms with Crippen LogP contribution in [0.4, 0.5) is 0 Å². The van der Waals surface area contributed by atoms with Gasteiger partial charge in [-0.25, -0.2) is 0 Å². The highest BCUT2D eigenvalue weighted by Crippen LogP contribution is 2.55. The van der Waals surface area contributed by atoms with Crippen molar-refractivity contribution in [3.63, 3.8) is 0 Å². The lowest BCUT2D eigenvalue weighted by molar-refractivity contribution is -0.0357. The molecule has 1 saturated heterocycles. The van der Waals surface area contributed by atoms with Crippen LogP contribution in [0.3, 0.4) is 0 Å². The normalized spacial score (nSPS) is 30.6. The summed E-state index contributed by atoms with van der Waals surface area (Å²) in [5.74, 6) is 0.687. The Kier molecular flexibility index (Phi) is 3.27. The van der Waals surface area contributed by atoms with E-state index in [1.165, 1.54) is 6.42 Å². The molecule has 1 aliphatic heterocycles. The molecule has 1 heteroatoms. The maximum absolute atomic E-state index is 5.70. The first-order valence-electron chi connectivity index (χ1n) is 6.19. The maximum atomic E-state index is 5.70. The van der Waals surface area contributed by atoms with E-state index in [2.05, 4.69) is 48.5 Å². The Balaban J connectivity index is 3.02. The molecule has 0 N–H and O–H groups in total. The van der Waals surface area contributed by atoms with Crippen LogP contribution in [0.5, 0.6) is 0 Å². The van der Waals surface area contributed by atoms with E-state index < -0.39 is 0 Å². The number of hydrogen-bond donors (Lipinski definition) is 0. The van der Waals surface area contributed by atoms with E-state index in [4.69, 9.17) is 4.74 Å². The summed E-state index contributed by atoms with van der Waals surface area (Å²) in [7, 11) is 0. The van der Waals surface area contributed by atoms with Crippen molar-refractivity contribution in [1.82, 2.24) is 0 Å². The van der Waals surface area contributed by atoms with Crippen LogP contribution < -0.4 is 0 Å². The van der Waals surface area contributed by atoms with Gasteiger partial charge < -0.3 is 4.74 Å². The Bertz CT molecular complexity index is 210. The van der Waals surface area contributed by atoms with Crippen LogP contribution in [0, 0.1) is 22.2 Å². The largest absolute Gasteiger partial charge is 0.381 e. The molecule has 0 aromatic heterocycles. The third kappa shape index (κ3) is 2.22. The molecule has 0 aromatic rings. The first-order valence-corrected chi connectivity index (χ1v) is 6.19. The van der Waals surface area contributed by atoms with Crippen molar-refractivity contribution in [2.45, 2.75) is 54.9 Å². The van der Waals surface area contributed by atoms with Gasteiger partial charge in [-0.1, -0.05) is 48.5 Å². The summed E-state index contributed by atoms with van der Waals surface area (Å²) in [6.07, 6.45) is 1.22. The third-order valence-electron chi connectivity index (χ3n) is 4.67. The van der Waals surface area contributed by atoms with E-state index >= 15 is 0 Å². The average molecular weight is 212 g/mol. The van der Waals surface area contributed by atoms with Crippen molar-refractivity contribution in [2.75, 3.05) is 13.2 Å². The van der Waals surface area contributed by atoms with E-state index in [1.807, 2.05) is 0 Å². The van der Waals surface area contributed by atoms with Crippen LogP contribution in [0.1, 0.15) is 54.9 Å². The van der Waals surface area contributed by atoms with E-state index in [9.17, 15) is 0 Å². The molecule has 1 aliphatic rings.